The van der Waals surface area contributed by atoms with E-state index < -0.39 is 20.6 Å². The van der Waals surface area contributed by atoms with Crippen molar-refractivity contribution >= 4 is 33.0 Å². The molecule has 0 aliphatic rings. The Hall–Kier alpha value is -3.86. The van der Waals surface area contributed by atoms with Crippen molar-refractivity contribution in [2.24, 2.45) is 7.05 Å². The fourth-order valence-corrected chi connectivity index (χ4v) is 4.60. The maximum atomic E-state index is 13.4. The highest BCUT2D eigenvalue weighted by atomic mass is 32.2. The van der Waals surface area contributed by atoms with E-state index in [1.165, 1.54) is 29.1 Å². The predicted molar refractivity (Wildman–Crippen MR) is 103 cm³/mol. The van der Waals surface area contributed by atoms with Crippen LogP contribution in [0.3, 0.4) is 0 Å². The minimum absolute atomic E-state index is 0.00967. The Balaban J connectivity index is 2.14. The van der Waals surface area contributed by atoms with Gasteiger partial charge in [0.25, 0.3) is 15.7 Å². The molecule has 0 spiro atoms. The van der Waals surface area contributed by atoms with Crippen LogP contribution in [0.5, 0.6) is 0 Å². The lowest BCUT2D eigenvalue weighted by Crippen LogP contribution is -2.14. The molecule has 29 heavy (non-hydrogen) atoms. The number of pyridine rings is 1. The smallest absolute Gasteiger partial charge is 0.298 e. The molecule has 0 bridgehead atoms. The van der Waals surface area contributed by atoms with E-state index in [-0.39, 0.29) is 27.2 Å². The Bertz CT molecular complexity index is 1370. The van der Waals surface area contributed by atoms with Crippen molar-refractivity contribution in [1.82, 2.24) is 18.7 Å². The van der Waals surface area contributed by atoms with Crippen LogP contribution in [0.2, 0.25) is 0 Å². The minimum atomic E-state index is -4.12. The van der Waals surface area contributed by atoms with Crippen LogP contribution < -0.4 is 0 Å². The molecule has 0 aliphatic heterocycles. The summed E-state index contributed by atoms with van der Waals surface area (Å²) in [6.07, 6.45) is 4.27. The van der Waals surface area contributed by atoms with Gasteiger partial charge in [-0.1, -0.05) is 18.2 Å². The van der Waals surface area contributed by atoms with E-state index in [1.54, 1.807) is 31.4 Å². The fraction of sp³-hybridized carbons (Fsp3) is 0.0556. The summed E-state index contributed by atoms with van der Waals surface area (Å²) < 4.78 is 29.3. The second-order valence-corrected chi connectivity index (χ2v) is 7.97. The van der Waals surface area contributed by atoms with E-state index in [4.69, 9.17) is 0 Å². The zero-order valence-electron chi connectivity index (χ0n) is 15.0. The molecule has 0 saturated carbocycles. The third-order valence-corrected chi connectivity index (χ3v) is 6.12. The molecule has 146 valence electrons. The molecule has 3 aromatic heterocycles. The Morgan fingerprint density at radius 1 is 1.17 bits per heavy atom. The van der Waals surface area contributed by atoms with Gasteiger partial charge >= 0.3 is 0 Å². The molecule has 0 aliphatic carbocycles. The zero-order chi connectivity index (χ0) is 20.8. The number of carbonyl (C=O) groups is 1. The van der Waals surface area contributed by atoms with Gasteiger partial charge in [-0.3, -0.25) is 19.6 Å². The number of nitrogens with zero attached hydrogens (tertiary/aromatic N) is 5. The molecule has 10 nitrogen and oxygen atoms in total. The van der Waals surface area contributed by atoms with Gasteiger partial charge in [0.2, 0.25) is 0 Å². The SMILES string of the molecule is Cn1cc(-c2cc3c(C=O)c([N+](=O)[O-])cnc3n2S(=O)(=O)c2ccccc2)cn1. The summed E-state index contributed by atoms with van der Waals surface area (Å²) in [4.78, 5) is 26.2. The van der Waals surface area contributed by atoms with Crippen LogP contribution in [0, 0.1) is 10.1 Å². The monoisotopic (exact) mass is 411 g/mol. The number of hydrogen-bond donors (Lipinski definition) is 0. The summed E-state index contributed by atoms with van der Waals surface area (Å²) in [6, 6.07) is 9.10. The van der Waals surface area contributed by atoms with Gasteiger partial charge in [-0.05, 0) is 18.2 Å². The van der Waals surface area contributed by atoms with Gasteiger partial charge in [-0.25, -0.2) is 17.4 Å². The van der Waals surface area contributed by atoms with Crippen LogP contribution in [-0.2, 0) is 17.1 Å². The first kappa shape index (κ1) is 18.5. The molecule has 1 aromatic carbocycles. The van der Waals surface area contributed by atoms with Crippen LogP contribution in [0.25, 0.3) is 22.3 Å². The van der Waals surface area contributed by atoms with Gasteiger partial charge in [-0.15, -0.1) is 0 Å². The summed E-state index contributed by atoms with van der Waals surface area (Å²) in [5.41, 5.74) is -0.190. The number of carbonyl (C=O) groups excluding carboxylic acids is 1. The molecule has 0 unspecified atom stereocenters. The van der Waals surface area contributed by atoms with E-state index in [2.05, 4.69) is 10.1 Å². The topological polar surface area (TPSA) is 130 Å². The van der Waals surface area contributed by atoms with Crippen molar-refractivity contribution in [1.29, 1.82) is 0 Å². The number of rotatable bonds is 5. The van der Waals surface area contributed by atoms with Crippen molar-refractivity contribution in [2.75, 3.05) is 0 Å². The van der Waals surface area contributed by atoms with Gasteiger partial charge in [-0.2, -0.15) is 5.10 Å². The number of aldehydes is 1. The van der Waals surface area contributed by atoms with Crippen LogP contribution in [0.4, 0.5) is 5.69 Å². The van der Waals surface area contributed by atoms with Gasteiger partial charge in [0.1, 0.15) is 11.8 Å². The van der Waals surface area contributed by atoms with E-state index in [1.807, 2.05) is 0 Å². The standard InChI is InChI=1S/C18H13N5O5S/c1-21-10-12(8-20-21)16-7-14-15(11-24)17(23(25)26)9-19-18(14)22(16)29(27,28)13-5-3-2-4-6-13/h2-11H,1H3. The largest absolute Gasteiger partial charge is 0.298 e. The Morgan fingerprint density at radius 3 is 2.48 bits per heavy atom. The van der Waals surface area contributed by atoms with E-state index in [0.717, 1.165) is 10.2 Å². The number of aryl methyl sites for hydroxylation is 1. The lowest BCUT2D eigenvalue weighted by Gasteiger charge is -2.10. The van der Waals surface area contributed by atoms with Gasteiger partial charge < -0.3 is 0 Å². The number of fused-ring (bicyclic) bond motifs is 1. The van der Waals surface area contributed by atoms with Crippen molar-refractivity contribution in [3.8, 4) is 11.3 Å². The number of aromatic nitrogens is 4. The van der Waals surface area contributed by atoms with Gasteiger partial charge in [0.05, 0.1) is 21.7 Å². The summed E-state index contributed by atoms with van der Waals surface area (Å²) in [5, 5.41) is 15.4. The normalized spacial score (nSPS) is 11.6. The first-order valence-electron chi connectivity index (χ1n) is 8.28. The number of nitro groups is 1. The highest BCUT2D eigenvalue weighted by Gasteiger charge is 2.29. The molecule has 3 heterocycles. The molecule has 0 amide bonds. The molecule has 0 atom stereocenters. The molecular formula is C18H13N5O5S. The van der Waals surface area contributed by atoms with Crippen LogP contribution in [0.1, 0.15) is 10.4 Å². The maximum absolute atomic E-state index is 13.4. The van der Waals surface area contributed by atoms with Crippen molar-refractivity contribution in [3.63, 3.8) is 0 Å². The second-order valence-electron chi connectivity index (χ2n) is 6.18. The van der Waals surface area contributed by atoms with E-state index in [9.17, 15) is 23.3 Å². The Kier molecular flexibility index (Phi) is 4.23. The third kappa shape index (κ3) is 2.88. The summed E-state index contributed by atoms with van der Waals surface area (Å²) >= 11 is 0. The average molecular weight is 411 g/mol. The molecule has 11 heteroatoms. The Morgan fingerprint density at radius 2 is 1.90 bits per heavy atom. The van der Waals surface area contributed by atoms with Crippen LogP contribution in [-0.4, -0.2) is 38.4 Å². The van der Waals surface area contributed by atoms with E-state index in [0.29, 0.717) is 11.8 Å². The molecule has 4 aromatic rings. The molecule has 0 saturated heterocycles. The van der Waals surface area contributed by atoms with Gasteiger partial charge in [0, 0.05) is 24.2 Å². The van der Waals surface area contributed by atoms with Crippen molar-refractivity contribution in [2.45, 2.75) is 4.90 Å². The van der Waals surface area contributed by atoms with Crippen molar-refractivity contribution in [3.05, 3.63) is 70.7 Å². The highest BCUT2D eigenvalue weighted by molar-refractivity contribution is 7.90. The molecular weight excluding hydrogens is 398 g/mol. The Labute approximate surface area is 164 Å². The lowest BCUT2D eigenvalue weighted by molar-refractivity contribution is -0.385. The van der Waals surface area contributed by atoms with Gasteiger partial charge in [0.15, 0.2) is 11.9 Å². The lowest BCUT2D eigenvalue weighted by atomic mass is 10.1. The maximum Gasteiger partial charge on any atom is 0.298 e. The van der Waals surface area contributed by atoms with Crippen LogP contribution in [0.15, 0.2) is 59.9 Å². The molecule has 0 radical (unpaired) electrons. The minimum Gasteiger partial charge on any atom is -0.298 e. The first-order valence-corrected chi connectivity index (χ1v) is 9.72. The predicted octanol–water partition coefficient (Wildman–Crippen LogP) is 2.39. The van der Waals surface area contributed by atoms with E-state index >= 15 is 0 Å². The van der Waals surface area contributed by atoms with Crippen molar-refractivity contribution < 1.29 is 18.1 Å². The summed E-state index contributed by atoms with van der Waals surface area (Å²) in [5.74, 6) is 0. The summed E-state index contributed by atoms with van der Waals surface area (Å²) in [6.45, 7) is 0. The zero-order valence-corrected chi connectivity index (χ0v) is 15.8. The van der Waals surface area contributed by atoms with Crippen LogP contribution >= 0.6 is 0 Å². The fourth-order valence-electron chi connectivity index (χ4n) is 3.10. The second kappa shape index (κ2) is 6.63. The number of hydrogen-bond acceptors (Lipinski definition) is 7. The third-order valence-electron chi connectivity index (χ3n) is 4.40. The highest BCUT2D eigenvalue weighted by Crippen LogP contribution is 2.34. The molecule has 4 rings (SSSR count). The first-order chi connectivity index (χ1) is 13.8. The molecule has 0 fully saturated rings. The summed E-state index contributed by atoms with van der Waals surface area (Å²) in [7, 11) is -2.45. The average Bonchev–Trinajstić information content (AvgIpc) is 3.31. The molecule has 0 N–H and O–H groups in total. The quantitative estimate of drug-likeness (QED) is 0.280. The number of benzene rings is 1.